The smallest absolute Gasteiger partial charge is 0.387 e. The Bertz CT molecular complexity index is 1340. The van der Waals surface area contributed by atoms with Crippen LogP contribution in [0.1, 0.15) is 13.0 Å². The van der Waals surface area contributed by atoms with Crippen molar-refractivity contribution in [3.63, 3.8) is 0 Å². The molecule has 36 heavy (non-hydrogen) atoms. The molecule has 3 rings (SSSR count). The number of phosphoric ester groups is 1. The molecule has 6 atom stereocenters. The Morgan fingerprint density at radius 3 is 2.50 bits per heavy atom. The SMILES string of the molecule is C[C@@]1(O)[C@H](O)[C@@](CF)(COP(=O)(O)OP(=O)(O)OP(=O)(O)O)OC[C@H]1n1cnc2c(=O)[nH]c(N)nc21. The fourth-order valence-electron chi connectivity index (χ4n) is 3.51. The van der Waals surface area contributed by atoms with Crippen LogP contribution in [0.25, 0.3) is 11.2 Å². The van der Waals surface area contributed by atoms with Gasteiger partial charge in [-0.3, -0.25) is 14.3 Å². The van der Waals surface area contributed by atoms with E-state index in [-0.39, 0.29) is 17.1 Å². The molecule has 0 saturated carbocycles. The number of hydrogen-bond donors (Lipinski definition) is 8. The van der Waals surface area contributed by atoms with Gasteiger partial charge in [-0.2, -0.15) is 13.6 Å². The molecular weight excluding hydrogens is 562 g/mol. The summed E-state index contributed by atoms with van der Waals surface area (Å²) in [7, 11) is -17.2. The van der Waals surface area contributed by atoms with Crippen LogP contribution in [-0.4, -0.2) is 86.5 Å². The molecule has 0 spiro atoms. The number of rotatable bonds is 9. The molecule has 2 unspecified atom stereocenters. The van der Waals surface area contributed by atoms with Gasteiger partial charge in [-0.1, -0.05) is 0 Å². The van der Waals surface area contributed by atoms with Crippen LogP contribution in [0, 0.1) is 0 Å². The number of aromatic amines is 1. The van der Waals surface area contributed by atoms with Crippen molar-refractivity contribution in [1.82, 2.24) is 19.5 Å². The van der Waals surface area contributed by atoms with Gasteiger partial charge in [0, 0.05) is 0 Å². The van der Waals surface area contributed by atoms with Crippen molar-refractivity contribution < 1.29 is 65.8 Å². The normalized spacial score (nSPS) is 30.7. The average Bonchev–Trinajstić information content (AvgIpc) is 3.10. The highest BCUT2D eigenvalue weighted by atomic mass is 31.3. The van der Waals surface area contributed by atoms with Crippen LogP contribution in [0.15, 0.2) is 11.1 Å². The molecule has 9 N–H and O–H groups in total. The number of H-pyrrole nitrogens is 1. The number of nitrogen functional groups attached to an aromatic ring is 1. The quantitative estimate of drug-likeness (QED) is 0.155. The molecule has 1 fully saturated rings. The monoisotopic (exact) mass is 583 g/mol. The predicted octanol–water partition coefficient (Wildman–Crippen LogP) is -1.56. The number of imidazole rings is 1. The Balaban J connectivity index is 1.84. The van der Waals surface area contributed by atoms with Gasteiger partial charge in [0.2, 0.25) is 5.95 Å². The van der Waals surface area contributed by atoms with Gasteiger partial charge in [0.05, 0.1) is 25.6 Å². The third-order valence-corrected chi connectivity index (χ3v) is 8.94. The largest absolute Gasteiger partial charge is 0.490 e. The van der Waals surface area contributed by atoms with E-state index in [1.165, 1.54) is 0 Å². The van der Waals surface area contributed by atoms with Gasteiger partial charge in [0.15, 0.2) is 11.2 Å². The molecule has 204 valence electrons. The van der Waals surface area contributed by atoms with Gasteiger partial charge in [-0.25, -0.2) is 23.1 Å². The molecular formula is C13H21FN5O14P3. The fourth-order valence-corrected chi connectivity index (χ4v) is 6.58. The van der Waals surface area contributed by atoms with E-state index in [2.05, 4.69) is 28.1 Å². The number of nitrogens with two attached hydrogens (primary N) is 1. The van der Waals surface area contributed by atoms with E-state index >= 15 is 0 Å². The summed E-state index contributed by atoms with van der Waals surface area (Å²) in [6, 6.07) is -1.27. The van der Waals surface area contributed by atoms with Gasteiger partial charge >= 0.3 is 23.5 Å². The second-order valence-electron chi connectivity index (χ2n) is 7.79. The number of phosphoric acid groups is 3. The summed E-state index contributed by atoms with van der Waals surface area (Å²) in [5.41, 5.74) is -0.324. The highest BCUT2D eigenvalue weighted by Gasteiger charge is 2.58. The molecule has 2 aromatic heterocycles. The summed E-state index contributed by atoms with van der Waals surface area (Å²) < 4.78 is 66.2. The maximum Gasteiger partial charge on any atom is 0.490 e. The zero-order valence-electron chi connectivity index (χ0n) is 17.9. The summed E-state index contributed by atoms with van der Waals surface area (Å²) in [5.74, 6) is -0.291. The van der Waals surface area contributed by atoms with Gasteiger partial charge in [-0.15, -0.1) is 0 Å². The Morgan fingerprint density at radius 2 is 1.92 bits per heavy atom. The number of ether oxygens (including phenoxy) is 1. The molecule has 1 saturated heterocycles. The van der Waals surface area contributed by atoms with Crippen LogP contribution < -0.4 is 11.3 Å². The number of nitrogens with zero attached hydrogens (tertiary/aromatic N) is 3. The molecule has 1 aliphatic rings. The van der Waals surface area contributed by atoms with E-state index in [1.807, 2.05) is 0 Å². The Labute approximate surface area is 199 Å². The maximum atomic E-state index is 14.1. The van der Waals surface area contributed by atoms with Crippen LogP contribution in [0.5, 0.6) is 0 Å². The lowest BCUT2D eigenvalue weighted by atomic mass is 9.78. The molecule has 2 aromatic rings. The maximum absolute atomic E-state index is 14.1. The number of aromatic nitrogens is 4. The second-order valence-corrected chi connectivity index (χ2v) is 12.2. The number of nitrogens with one attached hydrogen (secondary N) is 1. The minimum absolute atomic E-state index is 0.113. The topological polar surface area (TPSA) is 299 Å². The van der Waals surface area contributed by atoms with Crippen molar-refractivity contribution in [1.29, 1.82) is 0 Å². The number of hydrogen-bond acceptors (Lipinski definition) is 13. The summed E-state index contributed by atoms with van der Waals surface area (Å²) in [6.07, 6.45) is -1.14. The van der Waals surface area contributed by atoms with Gasteiger partial charge in [0.25, 0.3) is 5.56 Å². The lowest BCUT2D eigenvalue weighted by Crippen LogP contribution is -2.67. The van der Waals surface area contributed by atoms with Gasteiger partial charge in [0.1, 0.15) is 24.0 Å². The zero-order valence-corrected chi connectivity index (χ0v) is 20.6. The number of alkyl halides is 1. The number of fused-ring (bicyclic) bond motifs is 1. The van der Waals surface area contributed by atoms with Crippen LogP contribution >= 0.6 is 23.5 Å². The van der Waals surface area contributed by atoms with Gasteiger partial charge < -0.3 is 44.8 Å². The van der Waals surface area contributed by atoms with E-state index in [4.69, 9.17) is 20.3 Å². The van der Waals surface area contributed by atoms with Crippen molar-refractivity contribution in [2.75, 3.05) is 25.6 Å². The van der Waals surface area contributed by atoms with Crippen molar-refractivity contribution in [3.05, 3.63) is 16.7 Å². The molecule has 1 aliphatic heterocycles. The molecule has 0 aliphatic carbocycles. The first kappa shape index (κ1) is 28.9. The Morgan fingerprint density at radius 1 is 1.28 bits per heavy atom. The molecule has 0 amide bonds. The highest BCUT2D eigenvalue weighted by Crippen LogP contribution is 2.66. The molecule has 23 heteroatoms. The van der Waals surface area contributed by atoms with Crippen molar-refractivity contribution >= 4 is 40.6 Å². The van der Waals surface area contributed by atoms with Gasteiger partial charge in [-0.05, 0) is 6.92 Å². The molecule has 0 radical (unpaired) electrons. The zero-order chi connectivity index (χ0) is 27.3. The second kappa shape index (κ2) is 9.59. The summed E-state index contributed by atoms with van der Waals surface area (Å²) in [5, 5.41) is 21.9. The van der Waals surface area contributed by atoms with Crippen molar-refractivity contribution in [3.8, 4) is 0 Å². The van der Waals surface area contributed by atoms with E-state index in [0.717, 1.165) is 17.8 Å². The first-order valence-corrected chi connectivity index (χ1v) is 14.0. The lowest BCUT2D eigenvalue weighted by molar-refractivity contribution is -0.266. The first-order valence-electron chi connectivity index (χ1n) is 9.43. The number of aliphatic hydroxyl groups excluding tert-OH is 1. The van der Waals surface area contributed by atoms with Crippen molar-refractivity contribution in [2.45, 2.75) is 30.3 Å². The minimum Gasteiger partial charge on any atom is -0.387 e. The van der Waals surface area contributed by atoms with Crippen LogP contribution in [-0.2, 0) is 31.6 Å². The molecule has 19 nitrogen and oxygen atoms in total. The number of anilines is 1. The summed E-state index contributed by atoms with van der Waals surface area (Å²) in [6.45, 7) is -2.58. The minimum atomic E-state index is -5.85. The van der Waals surface area contributed by atoms with Crippen molar-refractivity contribution in [2.24, 2.45) is 0 Å². The van der Waals surface area contributed by atoms with E-state index in [0.29, 0.717) is 0 Å². The molecule has 0 bridgehead atoms. The Kier molecular flexibility index (Phi) is 7.71. The highest BCUT2D eigenvalue weighted by molar-refractivity contribution is 7.66. The van der Waals surface area contributed by atoms with E-state index in [9.17, 15) is 42.9 Å². The molecule has 0 aromatic carbocycles. The van der Waals surface area contributed by atoms with Crippen LogP contribution in [0.3, 0.4) is 0 Å². The van der Waals surface area contributed by atoms with Crippen LogP contribution in [0.4, 0.5) is 10.3 Å². The summed E-state index contributed by atoms with van der Waals surface area (Å²) in [4.78, 5) is 58.0. The average molecular weight is 583 g/mol. The number of halogens is 1. The van der Waals surface area contributed by atoms with Crippen LogP contribution in [0.2, 0.25) is 0 Å². The Hall–Kier alpha value is -1.63. The number of aliphatic hydroxyl groups is 2. The summed E-state index contributed by atoms with van der Waals surface area (Å²) >= 11 is 0. The fraction of sp³-hybridized carbons (Fsp3) is 0.615. The van der Waals surface area contributed by atoms with E-state index < -0.39 is 72.3 Å². The predicted molar refractivity (Wildman–Crippen MR) is 113 cm³/mol. The first-order chi connectivity index (χ1) is 16.3. The lowest BCUT2D eigenvalue weighted by Gasteiger charge is -2.50. The molecule has 3 heterocycles. The third-order valence-electron chi connectivity index (χ3n) is 5.16. The third kappa shape index (κ3) is 5.92. The van der Waals surface area contributed by atoms with E-state index in [1.54, 1.807) is 0 Å². The standard InChI is InChI=1S/C13H21FN5O14P3/c1-12(22)6(19-5-16-7-8(19)17-11(15)18-9(7)20)2-30-13(3-14,10(12)21)4-31-35(26,27)33-36(28,29)32-34(23,24)25/h5-6,10,21-22H,2-4H2,1H3,(H,26,27)(H,28,29)(H2,23,24,25)(H3,15,17,18,20)/t6-,10+,12+,13-/m1/s1.